The molecule has 1 saturated heterocycles. The van der Waals surface area contributed by atoms with Gasteiger partial charge in [0.25, 0.3) is 0 Å². The number of amides is 1. The van der Waals surface area contributed by atoms with Crippen LogP contribution in [0.15, 0.2) is 54.6 Å². The van der Waals surface area contributed by atoms with Gasteiger partial charge in [0.1, 0.15) is 18.5 Å². The number of hydrogen-bond donors (Lipinski definition) is 0. The van der Waals surface area contributed by atoms with E-state index in [-0.39, 0.29) is 12.2 Å². The van der Waals surface area contributed by atoms with Gasteiger partial charge in [-0.25, -0.2) is 4.79 Å². The number of methoxy groups -OCH3 is 1. The number of carbonyl (C=O) groups excluding carboxylic acids is 1. The van der Waals surface area contributed by atoms with Gasteiger partial charge in [-0.15, -0.1) is 0 Å². The lowest BCUT2D eigenvalue weighted by Gasteiger charge is -2.32. The maximum atomic E-state index is 11.6. The van der Waals surface area contributed by atoms with E-state index < -0.39 is 0 Å². The van der Waals surface area contributed by atoms with Crippen molar-refractivity contribution in [1.82, 2.24) is 4.90 Å². The first kappa shape index (κ1) is 16.3. The highest BCUT2D eigenvalue weighted by Crippen LogP contribution is 2.25. The van der Waals surface area contributed by atoms with Gasteiger partial charge < -0.3 is 19.1 Å². The van der Waals surface area contributed by atoms with Gasteiger partial charge in [-0.1, -0.05) is 42.5 Å². The van der Waals surface area contributed by atoms with Crippen LogP contribution in [0.3, 0.4) is 0 Å². The van der Waals surface area contributed by atoms with Gasteiger partial charge in [0, 0.05) is 6.54 Å². The number of benzene rings is 2. The fourth-order valence-corrected chi connectivity index (χ4v) is 2.67. The Bertz CT molecular complexity index is 657. The van der Waals surface area contributed by atoms with Crippen molar-refractivity contribution in [2.45, 2.75) is 12.7 Å². The van der Waals surface area contributed by atoms with E-state index in [0.717, 1.165) is 16.9 Å². The van der Waals surface area contributed by atoms with E-state index in [1.807, 2.05) is 54.6 Å². The molecule has 2 aromatic carbocycles. The summed E-state index contributed by atoms with van der Waals surface area (Å²) in [5.41, 5.74) is 2.15. The van der Waals surface area contributed by atoms with Gasteiger partial charge >= 0.3 is 6.09 Å². The van der Waals surface area contributed by atoms with Crippen molar-refractivity contribution in [1.29, 1.82) is 0 Å². The molecule has 5 nitrogen and oxygen atoms in total. The highest BCUT2D eigenvalue weighted by Gasteiger charge is 2.25. The largest absolute Gasteiger partial charge is 0.489 e. The molecule has 0 aliphatic carbocycles. The predicted molar refractivity (Wildman–Crippen MR) is 89.9 cm³/mol. The monoisotopic (exact) mass is 327 g/mol. The molecule has 0 N–H and O–H groups in total. The van der Waals surface area contributed by atoms with Gasteiger partial charge in [-0.05, 0) is 23.3 Å². The summed E-state index contributed by atoms with van der Waals surface area (Å²) in [6.45, 7) is 2.10. The van der Waals surface area contributed by atoms with E-state index in [4.69, 9.17) is 14.2 Å². The Morgan fingerprint density at radius 2 is 1.92 bits per heavy atom. The van der Waals surface area contributed by atoms with Gasteiger partial charge in [0.05, 0.1) is 20.3 Å². The van der Waals surface area contributed by atoms with Crippen LogP contribution in [0.5, 0.6) is 5.75 Å². The van der Waals surface area contributed by atoms with Crippen LogP contribution in [0.25, 0.3) is 0 Å². The molecule has 1 fully saturated rings. The van der Waals surface area contributed by atoms with E-state index in [1.165, 1.54) is 7.11 Å². The molecular weight excluding hydrogens is 306 g/mol. The van der Waals surface area contributed by atoms with E-state index >= 15 is 0 Å². The summed E-state index contributed by atoms with van der Waals surface area (Å²) in [4.78, 5) is 13.3. The van der Waals surface area contributed by atoms with Crippen LogP contribution in [0, 0.1) is 0 Å². The number of hydrogen-bond acceptors (Lipinski definition) is 4. The Morgan fingerprint density at radius 1 is 1.17 bits per heavy atom. The zero-order chi connectivity index (χ0) is 16.8. The zero-order valence-electron chi connectivity index (χ0n) is 13.7. The van der Waals surface area contributed by atoms with Gasteiger partial charge in [-0.2, -0.15) is 0 Å². The number of carbonyl (C=O) groups is 1. The minimum atomic E-state index is -0.314. The quantitative estimate of drug-likeness (QED) is 0.863. The number of ether oxygens (including phenoxy) is 3. The molecule has 0 radical (unpaired) electrons. The standard InChI is InChI=1S/C19H21NO4/c1-22-19(21)20-11-12-23-18(13-20)16-7-9-17(10-8-16)24-14-15-5-3-2-4-6-15/h2-10,18H,11-14H2,1H3/t18-/m0/s1. The molecule has 1 aliphatic rings. The topological polar surface area (TPSA) is 48.0 Å². The third-order valence-corrected chi connectivity index (χ3v) is 4.00. The molecule has 0 spiro atoms. The molecule has 0 aromatic heterocycles. The average molecular weight is 327 g/mol. The van der Waals surface area contributed by atoms with Crippen molar-refractivity contribution in [3.63, 3.8) is 0 Å². The van der Waals surface area contributed by atoms with Crippen LogP contribution in [0.1, 0.15) is 17.2 Å². The first-order chi connectivity index (χ1) is 11.8. The van der Waals surface area contributed by atoms with Crippen molar-refractivity contribution in [2.75, 3.05) is 26.8 Å². The Hall–Kier alpha value is -2.53. The third kappa shape index (κ3) is 4.06. The first-order valence-electron chi connectivity index (χ1n) is 7.97. The predicted octanol–water partition coefficient (Wildman–Crippen LogP) is 3.41. The van der Waals surface area contributed by atoms with Crippen molar-refractivity contribution < 1.29 is 19.0 Å². The van der Waals surface area contributed by atoms with Crippen LogP contribution in [0.4, 0.5) is 4.79 Å². The Labute approximate surface area is 141 Å². The first-order valence-corrected chi connectivity index (χ1v) is 7.97. The molecule has 24 heavy (non-hydrogen) atoms. The van der Waals surface area contributed by atoms with Crippen LogP contribution in [-0.2, 0) is 16.1 Å². The summed E-state index contributed by atoms with van der Waals surface area (Å²) in [7, 11) is 1.39. The van der Waals surface area contributed by atoms with E-state index in [9.17, 15) is 4.79 Å². The molecule has 0 unspecified atom stereocenters. The minimum absolute atomic E-state index is 0.138. The molecule has 1 aliphatic heterocycles. The molecule has 2 aromatic rings. The lowest BCUT2D eigenvalue weighted by molar-refractivity contribution is -0.0258. The van der Waals surface area contributed by atoms with E-state index in [0.29, 0.717) is 26.3 Å². The lowest BCUT2D eigenvalue weighted by Crippen LogP contribution is -2.42. The summed E-state index contributed by atoms with van der Waals surface area (Å²) in [6, 6.07) is 17.9. The smallest absolute Gasteiger partial charge is 0.409 e. The highest BCUT2D eigenvalue weighted by molar-refractivity contribution is 5.67. The molecular formula is C19H21NO4. The minimum Gasteiger partial charge on any atom is -0.489 e. The van der Waals surface area contributed by atoms with Gasteiger partial charge in [0.15, 0.2) is 0 Å². The summed E-state index contributed by atoms with van der Waals surface area (Å²) < 4.78 is 16.3. The Morgan fingerprint density at radius 3 is 2.62 bits per heavy atom. The summed E-state index contributed by atoms with van der Waals surface area (Å²) >= 11 is 0. The molecule has 1 atom stereocenters. The second kappa shape index (κ2) is 7.84. The second-order valence-corrected chi connectivity index (χ2v) is 5.62. The highest BCUT2D eigenvalue weighted by atomic mass is 16.5. The summed E-state index contributed by atoms with van der Waals surface area (Å²) in [5.74, 6) is 0.809. The van der Waals surface area contributed by atoms with Crippen LogP contribution < -0.4 is 4.74 Å². The molecule has 0 saturated carbocycles. The summed E-state index contributed by atoms with van der Waals surface area (Å²) in [5, 5.41) is 0. The van der Waals surface area contributed by atoms with Crippen molar-refractivity contribution in [3.05, 3.63) is 65.7 Å². The Kier molecular flexibility index (Phi) is 5.33. The number of morpholine rings is 1. The van der Waals surface area contributed by atoms with Crippen molar-refractivity contribution in [3.8, 4) is 5.75 Å². The van der Waals surface area contributed by atoms with E-state index in [1.54, 1.807) is 4.90 Å². The fraction of sp³-hybridized carbons (Fsp3) is 0.316. The van der Waals surface area contributed by atoms with Crippen LogP contribution in [-0.4, -0.2) is 37.8 Å². The average Bonchev–Trinajstić information content (AvgIpc) is 2.67. The second-order valence-electron chi connectivity index (χ2n) is 5.62. The Balaban J connectivity index is 1.58. The molecule has 1 amide bonds. The van der Waals surface area contributed by atoms with Crippen LogP contribution in [0.2, 0.25) is 0 Å². The molecule has 3 rings (SSSR count). The number of rotatable bonds is 4. The van der Waals surface area contributed by atoms with Crippen molar-refractivity contribution >= 4 is 6.09 Å². The normalized spacial score (nSPS) is 17.4. The molecule has 5 heteroatoms. The SMILES string of the molecule is COC(=O)N1CCO[C@H](c2ccc(OCc3ccccc3)cc2)C1. The fourth-order valence-electron chi connectivity index (χ4n) is 2.67. The maximum absolute atomic E-state index is 11.6. The molecule has 1 heterocycles. The summed E-state index contributed by atoms with van der Waals surface area (Å²) in [6.07, 6.45) is -0.452. The maximum Gasteiger partial charge on any atom is 0.409 e. The lowest BCUT2D eigenvalue weighted by atomic mass is 10.1. The zero-order valence-corrected chi connectivity index (χ0v) is 13.7. The van der Waals surface area contributed by atoms with Gasteiger partial charge in [-0.3, -0.25) is 0 Å². The van der Waals surface area contributed by atoms with Crippen LogP contribution >= 0.6 is 0 Å². The molecule has 0 bridgehead atoms. The van der Waals surface area contributed by atoms with E-state index in [2.05, 4.69) is 0 Å². The number of nitrogens with zero attached hydrogens (tertiary/aromatic N) is 1. The van der Waals surface area contributed by atoms with Crippen molar-refractivity contribution in [2.24, 2.45) is 0 Å². The molecule has 126 valence electrons. The third-order valence-electron chi connectivity index (χ3n) is 4.00. The van der Waals surface area contributed by atoms with Gasteiger partial charge in [0.2, 0.25) is 0 Å².